The van der Waals surface area contributed by atoms with E-state index in [1.165, 1.54) is 5.56 Å². The van der Waals surface area contributed by atoms with E-state index in [2.05, 4.69) is 41.8 Å². The van der Waals surface area contributed by atoms with Gasteiger partial charge in [0.25, 0.3) is 0 Å². The molecule has 1 heterocycles. The van der Waals surface area contributed by atoms with Crippen LogP contribution >= 0.6 is 12.2 Å². The molecular formula is C23H24N2O3S. The van der Waals surface area contributed by atoms with Crippen molar-refractivity contribution >= 4 is 23.1 Å². The zero-order chi connectivity index (χ0) is 20.4. The van der Waals surface area contributed by atoms with Gasteiger partial charge in [0, 0.05) is 17.7 Å². The topological polar surface area (TPSA) is 59.6 Å². The van der Waals surface area contributed by atoms with E-state index in [-0.39, 0.29) is 11.8 Å². The predicted octanol–water partition coefficient (Wildman–Crippen LogP) is 4.11. The third kappa shape index (κ3) is 4.12. The molecule has 0 amide bonds. The van der Waals surface area contributed by atoms with E-state index in [0.29, 0.717) is 29.6 Å². The summed E-state index contributed by atoms with van der Waals surface area (Å²) < 4.78 is 11.6. The Bertz CT molecular complexity index is 982. The van der Waals surface area contributed by atoms with Crippen LogP contribution in [0.4, 0.5) is 0 Å². The zero-order valence-electron chi connectivity index (χ0n) is 16.6. The Morgan fingerprint density at radius 1 is 1.10 bits per heavy atom. The van der Waals surface area contributed by atoms with Gasteiger partial charge in [-0.3, -0.25) is 4.79 Å². The van der Waals surface area contributed by atoms with E-state index >= 15 is 0 Å². The summed E-state index contributed by atoms with van der Waals surface area (Å²) in [5.41, 5.74) is 4.95. The van der Waals surface area contributed by atoms with Crippen molar-refractivity contribution in [3.8, 4) is 11.5 Å². The van der Waals surface area contributed by atoms with Crippen molar-refractivity contribution in [2.45, 2.75) is 38.8 Å². The maximum Gasteiger partial charge on any atom is 0.171 e. The summed E-state index contributed by atoms with van der Waals surface area (Å²) in [6.45, 7) is 2.52. The van der Waals surface area contributed by atoms with Gasteiger partial charge in [0.15, 0.2) is 22.4 Å². The molecule has 1 aliphatic carbocycles. The number of ketones is 1. The van der Waals surface area contributed by atoms with Gasteiger partial charge in [0.2, 0.25) is 0 Å². The van der Waals surface area contributed by atoms with Crippen molar-refractivity contribution in [2.75, 3.05) is 7.11 Å². The second kappa shape index (κ2) is 8.25. The van der Waals surface area contributed by atoms with Gasteiger partial charge < -0.3 is 20.1 Å². The first-order valence-electron chi connectivity index (χ1n) is 9.75. The molecule has 0 radical (unpaired) electrons. The highest BCUT2D eigenvalue weighted by molar-refractivity contribution is 7.80. The van der Waals surface area contributed by atoms with Crippen LogP contribution in [0.2, 0.25) is 0 Å². The molecule has 150 valence electrons. The standard InChI is InChI=1S/C23H24N2O3S/c1-14-6-8-15(9-7-14)13-28-19-11-10-16(12-20(19)27-2)22-21-17(24-23(29)25-22)4-3-5-18(21)26/h6-12,22H,3-5,13H2,1-2H3,(H2,24,25,29). The number of hydrogen-bond acceptors (Lipinski definition) is 4. The van der Waals surface area contributed by atoms with Gasteiger partial charge in [0.05, 0.1) is 13.2 Å². The summed E-state index contributed by atoms with van der Waals surface area (Å²) in [7, 11) is 1.62. The number of thiocarbonyl (C=S) groups is 1. The summed E-state index contributed by atoms with van der Waals surface area (Å²) in [5.74, 6) is 1.46. The van der Waals surface area contributed by atoms with Crippen LogP contribution < -0.4 is 20.1 Å². The number of benzene rings is 2. The average molecular weight is 409 g/mol. The van der Waals surface area contributed by atoms with Crippen LogP contribution in [0.1, 0.15) is 42.0 Å². The van der Waals surface area contributed by atoms with E-state index in [4.69, 9.17) is 21.7 Å². The minimum atomic E-state index is -0.272. The second-order valence-corrected chi connectivity index (χ2v) is 7.79. The van der Waals surface area contributed by atoms with E-state index in [9.17, 15) is 4.79 Å². The van der Waals surface area contributed by atoms with Gasteiger partial charge in [0.1, 0.15) is 6.61 Å². The maximum atomic E-state index is 12.6. The fraction of sp³-hybridized carbons (Fsp3) is 0.304. The highest BCUT2D eigenvalue weighted by Gasteiger charge is 2.33. The van der Waals surface area contributed by atoms with Gasteiger partial charge in [-0.05, 0) is 55.2 Å². The fourth-order valence-electron chi connectivity index (χ4n) is 3.78. The number of allylic oxidation sites excluding steroid dienone is 1. The number of carbonyl (C=O) groups is 1. The number of methoxy groups -OCH3 is 1. The molecule has 29 heavy (non-hydrogen) atoms. The molecule has 6 heteroatoms. The van der Waals surface area contributed by atoms with Gasteiger partial charge in [-0.1, -0.05) is 35.9 Å². The molecule has 2 N–H and O–H groups in total. The average Bonchev–Trinajstić information content (AvgIpc) is 2.72. The molecule has 0 fully saturated rings. The molecule has 0 saturated heterocycles. The summed E-state index contributed by atoms with van der Waals surface area (Å²) >= 11 is 5.36. The minimum Gasteiger partial charge on any atom is -0.493 e. The lowest BCUT2D eigenvalue weighted by molar-refractivity contribution is -0.116. The van der Waals surface area contributed by atoms with Crippen LogP contribution in [0.3, 0.4) is 0 Å². The Morgan fingerprint density at radius 2 is 1.90 bits per heavy atom. The lowest BCUT2D eigenvalue weighted by Gasteiger charge is -2.34. The Balaban J connectivity index is 1.59. The molecule has 4 rings (SSSR count). The number of carbonyl (C=O) groups excluding carboxylic acids is 1. The molecule has 2 aromatic carbocycles. The molecule has 0 aromatic heterocycles. The van der Waals surface area contributed by atoms with E-state index < -0.39 is 0 Å². The normalized spacial score (nSPS) is 18.6. The van der Waals surface area contributed by atoms with Gasteiger partial charge >= 0.3 is 0 Å². The molecule has 2 aliphatic rings. The number of rotatable bonds is 5. The van der Waals surface area contributed by atoms with E-state index in [1.807, 2.05) is 18.2 Å². The molecule has 0 bridgehead atoms. The summed E-state index contributed by atoms with van der Waals surface area (Å²) in [6.07, 6.45) is 2.27. The van der Waals surface area contributed by atoms with Gasteiger partial charge in [-0.2, -0.15) is 0 Å². The number of Topliss-reactive ketones (excluding diaryl/α,β-unsaturated/α-hetero) is 1. The Kier molecular flexibility index (Phi) is 5.53. The molecular weight excluding hydrogens is 384 g/mol. The third-order valence-corrected chi connectivity index (χ3v) is 5.54. The number of nitrogens with one attached hydrogen (secondary N) is 2. The van der Waals surface area contributed by atoms with Crippen LogP contribution in [-0.4, -0.2) is 18.0 Å². The van der Waals surface area contributed by atoms with Crippen LogP contribution in [-0.2, 0) is 11.4 Å². The first-order chi connectivity index (χ1) is 14.0. The summed E-state index contributed by atoms with van der Waals surface area (Å²) in [5, 5.41) is 6.94. The highest BCUT2D eigenvalue weighted by atomic mass is 32.1. The number of ether oxygens (including phenoxy) is 2. The zero-order valence-corrected chi connectivity index (χ0v) is 17.4. The monoisotopic (exact) mass is 408 g/mol. The van der Waals surface area contributed by atoms with Crippen molar-refractivity contribution in [3.63, 3.8) is 0 Å². The van der Waals surface area contributed by atoms with Crippen molar-refractivity contribution in [1.29, 1.82) is 0 Å². The van der Waals surface area contributed by atoms with Crippen LogP contribution in [0.15, 0.2) is 53.7 Å². The molecule has 0 saturated carbocycles. The van der Waals surface area contributed by atoms with Crippen LogP contribution in [0.25, 0.3) is 0 Å². The molecule has 1 atom stereocenters. The lowest BCUT2D eigenvalue weighted by Crippen LogP contribution is -2.46. The first kappa shape index (κ1) is 19.5. The quantitative estimate of drug-likeness (QED) is 0.726. The number of aryl methyl sites for hydroxylation is 1. The SMILES string of the molecule is COc1cc(C2NC(=S)NC3=C2C(=O)CCC3)ccc1OCc1ccc(C)cc1. The first-order valence-corrected chi connectivity index (χ1v) is 10.2. The van der Waals surface area contributed by atoms with Crippen molar-refractivity contribution in [3.05, 3.63) is 70.4 Å². The Labute approximate surface area is 176 Å². The predicted molar refractivity (Wildman–Crippen MR) is 116 cm³/mol. The van der Waals surface area contributed by atoms with Gasteiger partial charge in [-0.15, -0.1) is 0 Å². The minimum absolute atomic E-state index is 0.164. The summed E-state index contributed by atoms with van der Waals surface area (Å²) in [4.78, 5) is 12.6. The molecule has 5 nitrogen and oxygen atoms in total. The maximum absolute atomic E-state index is 12.6. The molecule has 1 unspecified atom stereocenters. The van der Waals surface area contributed by atoms with Crippen molar-refractivity contribution in [1.82, 2.24) is 10.6 Å². The molecule has 1 aliphatic heterocycles. The molecule has 0 spiro atoms. The largest absolute Gasteiger partial charge is 0.493 e. The lowest BCUT2D eigenvalue weighted by atomic mass is 9.85. The highest BCUT2D eigenvalue weighted by Crippen LogP contribution is 2.37. The smallest absolute Gasteiger partial charge is 0.171 e. The van der Waals surface area contributed by atoms with Crippen LogP contribution in [0, 0.1) is 6.92 Å². The summed E-state index contributed by atoms with van der Waals surface area (Å²) in [6, 6.07) is 13.7. The number of hydrogen-bond donors (Lipinski definition) is 2. The Morgan fingerprint density at radius 3 is 2.66 bits per heavy atom. The third-order valence-electron chi connectivity index (χ3n) is 5.32. The Hall–Kier alpha value is -2.86. The van der Waals surface area contributed by atoms with Gasteiger partial charge in [-0.25, -0.2) is 0 Å². The van der Waals surface area contributed by atoms with E-state index in [0.717, 1.165) is 35.2 Å². The second-order valence-electron chi connectivity index (χ2n) is 7.39. The molecule has 2 aromatic rings. The van der Waals surface area contributed by atoms with Crippen LogP contribution in [0.5, 0.6) is 11.5 Å². The van der Waals surface area contributed by atoms with Crippen molar-refractivity contribution < 1.29 is 14.3 Å². The van der Waals surface area contributed by atoms with Crippen molar-refractivity contribution in [2.24, 2.45) is 0 Å². The van der Waals surface area contributed by atoms with E-state index in [1.54, 1.807) is 7.11 Å². The fourth-order valence-corrected chi connectivity index (χ4v) is 4.02.